The van der Waals surface area contributed by atoms with Gasteiger partial charge in [0.05, 0.1) is 11.6 Å². The van der Waals surface area contributed by atoms with E-state index < -0.39 is 0 Å². The molecule has 0 spiro atoms. The molecule has 0 aliphatic carbocycles. The fourth-order valence-corrected chi connectivity index (χ4v) is 3.01. The maximum atomic E-state index is 12.7. The van der Waals surface area contributed by atoms with Crippen LogP contribution in [0.2, 0.25) is 0 Å². The molecular formula is C15H16N6O2. The van der Waals surface area contributed by atoms with E-state index >= 15 is 0 Å². The zero-order chi connectivity index (χ0) is 15.8. The number of carbonyl (C=O) groups is 1. The molecule has 0 unspecified atom stereocenters. The summed E-state index contributed by atoms with van der Waals surface area (Å²) in [4.78, 5) is 16.9. The van der Waals surface area contributed by atoms with Crippen molar-refractivity contribution in [3.05, 3.63) is 42.1 Å². The molecule has 8 nitrogen and oxygen atoms in total. The van der Waals surface area contributed by atoms with Crippen molar-refractivity contribution in [2.75, 3.05) is 6.61 Å². The van der Waals surface area contributed by atoms with Crippen molar-refractivity contribution >= 4 is 16.8 Å². The van der Waals surface area contributed by atoms with E-state index in [0.717, 1.165) is 17.3 Å². The minimum atomic E-state index is -0.305. The van der Waals surface area contributed by atoms with E-state index in [4.69, 9.17) is 4.74 Å². The number of amides is 1. The van der Waals surface area contributed by atoms with Gasteiger partial charge in [-0.15, -0.1) is 0 Å². The Morgan fingerprint density at radius 2 is 2.30 bits per heavy atom. The van der Waals surface area contributed by atoms with Gasteiger partial charge in [0.15, 0.2) is 5.82 Å². The summed E-state index contributed by atoms with van der Waals surface area (Å²) in [5, 5.41) is 14.9. The number of ether oxygens (including phenoxy) is 1. The molecule has 4 rings (SSSR count). The van der Waals surface area contributed by atoms with Gasteiger partial charge in [0.25, 0.3) is 5.91 Å². The van der Waals surface area contributed by atoms with Gasteiger partial charge >= 0.3 is 0 Å². The average molecular weight is 312 g/mol. The first-order chi connectivity index (χ1) is 11.2. The number of aromatic amines is 1. The molecule has 1 aliphatic rings. The third kappa shape index (κ3) is 2.36. The topological polar surface area (TPSA) is 97.7 Å². The first-order valence-corrected chi connectivity index (χ1v) is 7.43. The highest BCUT2D eigenvalue weighted by Gasteiger charge is 2.34. The van der Waals surface area contributed by atoms with Crippen molar-refractivity contribution in [2.24, 2.45) is 7.05 Å². The predicted molar refractivity (Wildman–Crippen MR) is 81.7 cm³/mol. The van der Waals surface area contributed by atoms with Crippen LogP contribution in [0.5, 0.6) is 0 Å². The number of fused-ring (bicyclic) bond motifs is 1. The highest BCUT2D eigenvalue weighted by molar-refractivity contribution is 6.05. The quantitative estimate of drug-likeness (QED) is 0.750. The molecule has 1 saturated heterocycles. The van der Waals surface area contributed by atoms with Crippen molar-refractivity contribution in [1.29, 1.82) is 0 Å². The summed E-state index contributed by atoms with van der Waals surface area (Å²) in [7, 11) is 1.77. The average Bonchev–Trinajstić information content (AvgIpc) is 3.24. The normalized spacial score (nSPS) is 20.9. The van der Waals surface area contributed by atoms with Gasteiger partial charge in [0, 0.05) is 19.0 Å². The van der Waals surface area contributed by atoms with Crippen LogP contribution in [0, 0.1) is 0 Å². The smallest absolute Gasteiger partial charge is 0.270 e. The number of rotatable bonds is 3. The van der Waals surface area contributed by atoms with Crippen LogP contribution in [0.4, 0.5) is 0 Å². The second-order valence-electron chi connectivity index (χ2n) is 5.52. The van der Waals surface area contributed by atoms with Crippen molar-refractivity contribution in [3.8, 4) is 0 Å². The summed E-state index contributed by atoms with van der Waals surface area (Å²) in [5.74, 6) is 0.462. The molecule has 0 bridgehead atoms. The number of aromatic nitrogens is 5. The lowest BCUT2D eigenvalue weighted by molar-refractivity contribution is 0.0787. The summed E-state index contributed by atoms with van der Waals surface area (Å²) < 4.78 is 7.29. The first-order valence-electron chi connectivity index (χ1n) is 7.43. The zero-order valence-electron chi connectivity index (χ0n) is 12.6. The Hall–Kier alpha value is -2.74. The van der Waals surface area contributed by atoms with Gasteiger partial charge in [-0.2, -0.15) is 10.2 Å². The van der Waals surface area contributed by atoms with Crippen LogP contribution in [0.1, 0.15) is 28.8 Å². The van der Waals surface area contributed by atoms with E-state index in [2.05, 4.69) is 25.6 Å². The lowest BCUT2D eigenvalue weighted by Gasteiger charge is -2.17. The molecule has 0 saturated carbocycles. The van der Waals surface area contributed by atoms with Crippen molar-refractivity contribution in [1.82, 2.24) is 30.3 Å². The Labute approximate surface area is 131 Å². The van der Waals surface area contributed by atoms with Crippen LogP contribution in [-0.4, -0.2) is 43.5 Å². The third-order valence-electron chi connectivity index (χ3n) is 4.07. The second-order valence-corrected chi connectivity index (χ2v) is 5.52. The van der Waals surface area contributed by atoms with Gasteiger partial charge < -0.3 is 10.1 Å². The molecule has 2 aromatic heterocycles. The molecule has 8 heteroatoms. The van der Waals surface area contributed by atoms with Gasteiger partial charge in [-0.05, 0) is 12.5 Å². The minimum absolute atomic E-state index is 0.149. The number of hydrogen-bond donors (Lipinski definition) is 2. The summed E-state index contributed by atoms with van der Waals surface area (Å²) in [6.07, 6.45) is 1.86. The lowest BCUT2D eigenvalue weighted by Crippen LogP contribution is -2.38. The molecule has 3 aromatic rings. The number of benzene rings is 1. The number of H-pyrrole nitrogens is 1. The molecule has 118 valence electrons. The molecule has 1 amide bonds. The Morgan fingerprint density at radius 3 is 3.13 bits per heavy atom. The summed E-state index contributed by atoms with van der Waals surface area (Å²) in [5.41, 5.74) is 1.35. The number of hydrogen-bond acceptors (Lipinski definition) is 5. The van der Waals surface area contributed by atoms with E-state index in [1.54, 1.807) is 11.7 Å². The predicted octanol–water partition coefficient (Wildman–Crippen LogP) is 0.951. The number of aryl methyl sites for hydroxylation is 1. The van der Waals surface area contributed by atoms with E-state index in [1.165, 1.54) is 6.33 Å². The van der Waals surface area contributed by atoms with E-state index in [9.17, 15) is 4.79 Å². The van der Waals surface area contributed by atoms with Gasteiger partial charge in [0.1, 0.15) is 18.1 Å². The van der Waals surface area contributed by atoms with Gasteiger partial charge in [-0.25, -0.2) is 4.98 Å². The molecule has 23 heavy (non-hydrogen) atoms. The summed E-state index contributed by atoms with van der Waals surface area (Å²) in [6, 6.07) is 7.45. The molecular weight excluding hydrogens is 296 g/mol. The second kappa shape index (κ2) is 5.47. The Kier molecular flexibility index (Phi) is 3.30. The van der Waals surface area contributed by atoms with Gasteiger partial charge in [0.2, 0.25) is 0 Å². The first kappa shape index (κ1) is 13.9. The monoisotopic (exact) mass is 312 g/mol. The minimum Gasteiger partial charge on any atom is -0.368 e. The van der Waals surface area contributed by atoms with Crippen LogP contribution >= 0.6 is 0 Å². The molecule has 0 radical (unpaired) electrons. The number of nitrogens with one attached hydrogen (secondary N) is 2. The largest absolute Gasteiger partial charge is 0.368 e. The molecule has 1 aromatic carbocycles. The highest BCUT2D eigenvalue weighted by atomic mass is 16.5. The van der Waals surface area contributed by atoms with E-state index in [-0.39, 0.29) is 18.1 Å². The molecule has 1 fully saturated rings. The molecule has 1 aliphatic heterocycles. The standard InChI is InChI=1S/C15H16N6O2/c1-21-12(9-4-2-3-5-10(9)20-21)15(22)18-11-6-7-23-13(11)14-16-8-17-19-14/h2-5,8,11,13H,6-7H2,1H3,(H,18,22)(H,16,17,19)/t11-,13+/m0/s1. The maximum Gasteiger partial charge on any atom is 0.270 e. The van der Waals surface area contributed by atoms with Gasteiger partial charge in [-0.1, -0.05) is 18.2 Å². The van der Waals surface area contributed by atoms with Crippen molar-refractivity contribution in [3.63, 3.8) is 0 Å². The SMILES string of the molecule is Cn1nc2ccccc2c1C(=O)N[C@H]1CCO[C@H]1c1ncn[nH]1. The fourth-order valence-electron chi connectivity index (χ4n) is 3.01. The number of carbonyl (C=O) groups excluding carboxylic acids is 1. The highest BCUT2D eigenvalue weighted by Crippen LogP contribution is 2.27. The molecule has 3 heterocycles. The maximum absolute atomic E-state index is 12.7. The van der Waals surface area contributed by atoms with Crippen LogP contribution in [0.3, 0.4) is 0 Å². The van der Waals surface area contributed by atoms with E-state index in [1.807, 2.05) is 24.3 Å². The number of nitrogens with zero attached hydrogens (tertiary/aromatic N) is 4. The zero-order valence-corrected chi connectivity index (χ0v) is 12.6. The van der Waals surface area contributed by atoms with Crippen LogP contribution in [0.15, 0.2) is 30.6 Å². The summed E-state index contributed by atoms with van der Waals surface area (Å²) >= 11 is 0. The van der Waals surface area contributed by atoms with Crippen LogP contribution in [0.25, 0.3) is 10.9 Å². The Balaban J connectivity index is 1.61. The summed E-state index contributed by atoms with van der Waals surface area (Å²) in [6.45, 7) is 0.572. The van der Waals surface area contributed by atoms with Crippen molar-refractivity contribution in [2.45, 2.75) is 18.6 Å². The van der Waals surface area contributed by atoms with Crippen LogP contribution in [-0.2, 0) is 11.8 Å². The molecule has 2 N–H and O–H groups in total. The van der Waals surface area contributed by atoms with E-state index in [0.29, 0.717) is 18.1 Å². The van der Waals surface area contributed by atoms with Crippen LogP contribution < -0.4 is 5.32 Å². The van der Waals surface area contributed by atoms with Gasteiger partial charge in [-0.3, -0.25) is 14.6 Å². The Morgan fingerprint density at radius 1 is 1.43 bits per heavy atom. The van der Waals surface area contributed by atoms with Crippen molar-refractivity contribution < 1.29 is 9.53 Å². The lowest BCUT2D eigenvalue weighted by atomic mass is 10.1. The molecule has 2 atom stereocenters. The Bertz CT molecular complexity index is 841. The fraction of sp³-hybridized carbons (Fsp3) is 0.333. The third-order valence-corrected chi connectivity index (χ3v) is 4.07.